The van der Waals surface area contributed by atoms with E-state index in [1.165, 1.54) is 12.1 Å². The largest absolute Gasteiger partial charge is 0.398 e. The summed E-state index contributed by atoms with van der Waals surface area (Å²) in [5, 5.41) is 0. The second kappa shape index (κ2) is 6.89. The highest BCUT2D eigenvalue weighted by atomic mass is 32.2. The van der Waals surface area contributed by atoms with Gasteiger partial charge in [-0.3, -0.25) is 0 Å². The number of nitrogens with two attached hydrogens (primary N) is 1. The molecule has 1 rings (SSSR count). The lowest BCUT2D eigenvalue weighted by atomic mass is 10.0. The van der Waals surface area contributed by atoms with Gasteiger partial charge in [0.15, 0.2) is 9.84 Å². The zero-order chi connectivity index (χ0) is 14.5. The van der Waals surface area contributed by atoms with Crippen molar-refractivity contribution in [1.82, 2.24) is 0 Å². The smallest absolute Gasteiger partial charge is 0.180 e. The van der Waals surface area contributed by atoms with Crippen LogP contribution in [0, 0.1) is 11.7 Å². The third kappa shape index (κ3) is 4.49. The molecule has 0 spiro atoms. The van der Waals surface area contributed by atoms with E-state index in [4.69, 9.17) is 5.73 Å². The summed E-state index contributed by atoms with van der Waals surface area (Å²) in [5.74, 6) is -0.432. The van der Waals surface area contributed by atoms with Crippen LogP contribution in [0.15, 0.2) is 23.1 Å². The van der Waals surface area contributed by atoms with Crippen LogP contribution in [0.5, 0.6) is 0 Å². The van der Waals surface area contributed by atoms with E-state index in [9.17, 15) is 12.8 Å². The van der Waals surface area contributed by atoms with E-state index < -0.39 is 15.7 Å². The van der Waals surface area contributed by atoms with Crippen molar-refractivity contribution in [3.05, 3.63) is 24.0 Å². The Morgan fingerprint density at radius 1 is 1.32 bits per heavy atom. The molecule has 108 valence electrons. The van der Waals surface area contributed by atoms with E-state index >= 15 is 0 Å². The monoisotopic (exact) mass is 287 g/mol. The predicted octanol–water partition coefficient (Wildman–Crippen LogP) is 3.40. The average Bonchev–Trinajstić information content (AvgIpc) is 2.37. The van der Waals surface area contributed by atoms with Gasteiger partial charge in [-0.15, -0.1) is 0 Å². The Kier molecular flexibility index (Phi) is 5.79. The zero-order valence-electron chi connectivity index (χ0n) is 11.5. The first kappa shape index (κ1) is 16.0. The number of sulfone groups is 1. The van der Waals surface area contributed by atoms with Crippen LogP contribution < -0.4 is 5.73 Å². The SMILES string of the molecule is CCCCC(CC)CS(=O)(=O)c1cc(F)ccc1N. The van der Waals surface area contributed by atoms with Gasteiger partial charge in [-0.2, -0.15) is 0 Å². The summed E-state index contributed by atoms with van der Waals surface area (Å²) in [4.78, 5) is -0.0811. The molecular weight excluding hydrogens is 265 g/mol. The molecule has 0 aliphatic heterocycles. The van der Waals surface area contributed by atoms with Crippen molar-refractivity contribution in [2.24, 2.45) is 5.92 Å². The molecule has 0 aliphatic rings. The number of hydrogen-bond donors (Lipinski definition) is 1. The van der Waals surface area contributed by atoms with Gasteiger partial charge in [-0.05, 0) is 30.5 Å². The summed E-state index contributed by atoms with van der Waals surface area (Å²) in [6.45, 7) is 4.05. The van der Waals surface area contributed by atoms with E-state index in [0.29, 0.717) is 0 Å². The fraction of sp³-hybridized carbons (Fsp3) is 0.571. The van der Waals surface area contributed by atoms with Crippen molar-refractivity contribution < 1.29 is 12.8 Å². The summed E-state index contributed by atoms with van der Waals surface area (Å²) < 4.78 is 37.8. The standard InChI is InChI=1S/C14H22FNO2S/c1-3-5-6-11(4-2)10-19(17,18)14-9-12(15)7-8-13(14)16/h7-9,11H,3-6,10,16H2,1-2H3. The Labute approximate surface area is 114 Å². The molecule has 0 bridgehead atoms. The lowest BCUT2D eigenvalue weighted by molar-refractivity contribution is 0.483. The first-order valence-corrected chi connectivity index (χ1v) is 8.33. The van der Waals surface area contributed by atoms with Crippen molar-refractivity contribution in [3.63, 3.8) is 0 Å². The van der Waals surface area contributed by atoms with Gasteiger partial charge in [-0.25, -0.2) is 12.8 Å². The topological polar surface area (TPSA) is 60.2 Å². The Hall–Kier alpha value is -1.10. The summed E-state index contributed by atoms with van der Waals surface area (Å²) in [6.07, 6.45) is 3.72. The highest BCUT2D eigenvalue weighted by molar-refractivity contribution is 7.91. The van der Waals surface area contributed by atoms with E-state index in [0.717, 1.165) is 31.7 Å². The lowest BCUT2D eigenvalue weighted by Gasteiger charge is -2.15. The van der Waals surface area contributed by atoms with E-state index in [2.05, 4.69) is 6.92 Å². The molecule has 0 amide bonds. The highest BCUT2D eigenvalue weighted by Gasteiger charge is 2.22. The van der Waals surface area contributed by atoms with Crippen LogP contribution in [0.4, 0.5) is 10.1 Å². The van der Waals surface area contributed by atoms with Gasteiger partial charge in [-0.1, -0.05) is 33.1 Å². The molecule has 1 aromatic rings. The third-order valence-corrected chi connectivity index (χ3v) is 5.24. The van der Waals surface area contributed by atoms with Crippen LogP contribution in [0.1, 0.15) is 39.5 Å². The zero-order valence-corrected chi connectivity index (χ0v) is 12.3. The summed E-state index contributed by atoms with van der Waals surface area (Å²) in [7, 11) is -3.52. The molecule has 0 saturated carbocycles. The summed E-state index contributed by atoms with van der Waals surface area (Å²) >= 11 is 0. The molecule has 1 aromatic carbocycles. The molecule has 0 fully saturated rings. The van der Waals surface area contributed by atoms with Gasteiger partial charge in [0, 0.05) is 0 Å². The van der Waals surface area contributed by atoms with Gasteiger partial charge in [0.1, 0.15) is 5.82 Å². The number of anilines is 1. The lowest BCUT2D eigenvalue weighted by Crippen LogP contribution is -2.17. The predicted molar refractivity (Wildman–Crippen MR) is 76.2 cm³/mol. The van der Waals surface area contributed by atoms with E-state index in [1.54, 1.807) is 0 Å². The average molecular weight is 287 g/mol. The first-order chi connectivity index (χ1) is 8.90. The number of benzene rings is 1. The molecule has 0 saturated heterocycles. The molecule has 19 heavy (non-hydrogen) atoms. The molecule has 0 radical (unpaired) electrons. The number of unbranched alkanes of at least 4 members (excludes halogenated alkanes) is 1. The molecule has 1 unspecified atom stereocenters. The highest BCUT2D eigenvalue weighted by Crippen LogP contribution is 2.25. The third-order valence-electron chi connectivity index (χ3n) is 3.31. The van der Waals surface area contributed by atoms with Crippen LogP contribution in [0.25, 0.3) is 0 Å². The van der Waals surface area contributed by atoms with Gasteiger partial charge in [0.2, 0.25) is 0 Å². The second-order valence-corrected chi connectivity index (χ2v) is 6.88. The van der Waals surface area contributed by atoms with Crippen molar-refractivity contribution in [2.75, 3.05) is 11.5 Å². The first-order valence-electron chi connectivity index (χ1n) is 6.68. The van der Waals surface area contributed by atoms with Gasteiger partial charge in [0.05, 0.1) is 16.3 Å². The van der Waals surface area contributed by atoms with E-state index in [-0.39, 0.29) is 22.3 Å². The summed E-state index contributed by atoms with van der Waals surface area (Å²) in [5.41, 5.74) is 5.76. The molecule has 0 heterocycles. The van der Waals surface area contributed by atoms with Crippen molar-refractivity contribution in [2.45, 2.75) is 44.4 Å². The van der Waals surface area contributed by atoms with Crippen LogP contribution in [-0.4, -0.2) is 14.2 Å². The normalized spacial score (nSPS) is 13.4. The number of halogens is 1. The maximum atomic E-state index is 13.2. The van der Waals surface area contributed by atoms with Crippen LogP contribution in [0.2, 0.25) is 0 Å². The van der Waals surface area contributed by atoms with Crippen molar-refractivity contribution in [3.8, 4) is 0 Å². The number of rotatable bonds is 7. The minimum atomic E-state index is -3.52. The minimum absolute atomic E-state index is 0.0388. The van der Waals surface area contributed by atoms with Crippen LogP contribution >= 0.6 is 0 Å². The Morgan fingerprint density at radius 3 is 2.58 bits per heavy atom. The van der Waals surface area contributed by atoms with Crippen molar-refractivity contribution >= 4 is 15.5 Å². The van der Waals surface area contributed by atoms with E-state index in [1.807, 2.05) is 6.92 Å². The molecule has 1 atom stereocenters. The molecule has 0 aliphatic carbocycles. The van der Waals surface area contributed by atoms with Crippen molar-refractivity contribution in [1.29, 1.82) is 0 Å². The van der Waals surface area contributed by atoms with Gasteiger partial charge in [0.25, 0.3) is 0 Å². The number of nitrogen functional groups attached to an aromatic ring is 1. The molecule has 0 aromatic heterocycles. The quantitative estimate of drug-likeness (QED) is 0.782. The maximum absolute atomic E-state index is 13.2. The Bertz CT molecular complexity index is 514. The molecular formula is C14H22FNO2S. The summed E-state index contributed by atoms with van der Waals surface area (Å²) in [6, 6.07) is 3.48. The fourth-order valence-electron chi connectivity index (χ4n) is 2.08. The van der Waals surface area contributed by atoms with Crippen LogP contribution in [-0.2, 0) is 9.84 Å². The molecule has 5 heteroatoms. The fourth-order valence-corrected chi connectivity index (χ4v) is 4.00. The van der Waals surface area contributed by atoms with Gasteiger partial charge >= 0.3 is 0 Å². The maximum Gasteiger partial charge on any atom is 0.180 e. The number of hydrogen-bond acceptors (Lipinski definition) is 3. The van der Waals surface area contributed by atoms with Gasteiger partial charge < -0.3 is 5.73 Å². The molecule has 3 nitrogen and oxygen atoms in total. The Balaban J connectivity index is 2.93. The molecule has 2 N–H and O–H groups in total. The second-order valence-electron chi connectivity index (χ2n) is 4.88. The minimum Gasteiger partial charge on any atom is -0.398 e. The van der Waals surface area contributed by atoms with Crippen LogP contribution in [0.3, 0.4) is 0 Å². The Morgan fingerprint density at radius 2 is 2.00 bits per heavy atom.